The van der Waals surface area contributed by atoms with E-state index in [0.717, 1.165) is 6.07 Å². The van der Waals surface area contributed by atoms with Crippen LogP contribution in [0.2, 0.25) is 0 Å². The Labute approximate surface area is 266 Å². The zero-order chi connectivity index (χ0) is 34.1. The van der Waals surface area contributed by atoms with E-state index in [-0.39, 0.29) is 72.3 Å². The number of carbonyl (C=O) groups is 5. The molecule has 0 bridgehead atoms. The molecule has 0 aliphatic heterocycles. The van der Waals surface area contributed by atoms with E-state index in [0.29, 0.717) is 16.9 Å². The van der Waals surface area contributed by atoms with Gasteiger partial charge in [0.05, 0.1) is 36.1 Å². The van der Waals surface area contributed by atoms with E-state index < -0.39 is 35.7 Å². The zero-order valence-corrected chi connectivity index (χ0v) is 24.7. The molecule has 0 saturated heterocycles. The summed E-state index contributed by atoms with van der Waals surface area (Å²) in [5.74, 6) is -4.41. The fraction of sp³-hybridized carbons (Fsp3) is 0.207. The lowest BCUT2D eigenvalue weighted by molar-refractivity contribution is -0.139. The van der Waals surface area contributed by atoms with Crippen molar-refractivity contribution >= 4 is 64.0 Å². The number of aromatic carboxylic acids is 1. The number of anilines is 4. The van der Waals surface area contributed by atoms with Crippen LogP contribution in [0, 0.1) is 0 Å². The van der Waals surface area contributed by atoms with Crippen LogP contribution in [-0.4, -0.2) is 78.9 Å². The Morgan fingerprint density at radius 2 is 1.60 bits per heavy atom. The van der Waals surface area contributed by atoms with Crippen molar-refractivity contribution in [2.45, 2.75) is 25.4 Å². The molecular formula is C29H31N11O7. The van der Waals surface area contributed by atoms with Gasteiger partial charge in [0.2, 0.25) is 11.9 Å². The monoisotopic (exact) mass is 645 g/mol. The van der Waals surface area contributed by atoms with Gasteiger partial charge in [0.15, 0.2) is 17.0 Å². The Morgan fingerprint density at radius 3 is 2.28 bits per heavy atom. The molecule has 0 aliphatic rings. The minimum absolute atomic E-state index is 0.00116. The molecule has 2 aromatic carbocycles. The zero-order valence-electron chi connectivity index (χ0n) is 24.7. The molecule has 1 unspecified atom stereocenters. The van der Waals surface area contributed by atoms with Crippen LogP contribution in [0.3, 0.4) is 0 Å². The summed E-state index contributed by atoms with van der Waals surface area (Å²) in [7, 11) is 0. The third kappa shape index (κ3) is 8.82. The predicted octanol–water partition coefficient (Wildman–Crippen LogP) is 0.185. The quantitative estimate of drug-likeness (QED) is 0.0826. The first-order valence-electron chi connectivity index (χ1n) is 14.0. The minimum atomic E-state index is -1.39. The second kappa shape index (κ2) is 15.0. The van der Waals surface area contributed by atoms with Crippen LogP contribution in [0.4, 0.5) is 23.1 Å². The molecule has 0 saturated carbocycles. The van der Waals surface area contributed by atoms with Gasteiger partial charge in [-0.15, -0.1) is 0 Å². The first kappa shape index (κ1) is 33.5. The number of nitrogens with zero attached hydrogens (tertiary/aromatic N) is 4. The van der Waals surface area contributed by atoms with Crippen LogP contribution in [-0.2, 0) is 16.1 Å². The van der Waals surface area contributed by atoms with E-state index in [2.05, 4.69) is 41.2 Å². The van der Waals surface area contributed by atoms with Gasteiger partial charge in [0.25, 0.3) is 11.8 Å². The maximum absolute atomic E-state index is 12.8. The van der Waals surface area contributed by atoms with Crippen molar-refractivity contribution in [3.63, 3.8) is 0 Å². The molecule has 2 aromatic heterocycles. The Balaban J connectivity index is 1.27. The van der Waals surface area contributed by atoms with Gasteiger partial charge in [-0.3, -0.25) is 14.4 Å². The number of nitrogens with two attached hydrogens (primary N) is 3. The SMILES string of the molecule is NCC(=O)Nc1ccc(C(=O)NCCCC(NC(=O)c2ccc(NCc3cnc4nc(N)nc(N)c4n3)cc2)C(=O)O)c(C(=O)O)c1. The highest BCUT2D eigenvalue weighted by Gasteiger charge is 2.22. The first-order chi connectivity index (χ1) is 22.4. The fourth-order valence-corrected chi connectivity index (χ4v) is 4.31. The molecule has 18 nitrogen and oxygen atoms in total. The summed E-state index contributed by atoms with van der Waals surface area (Å²) in [6.07, 6.45) is 1.64. The molecule has 4 rings (SSSR count). The highest BCUT2D eigenvalue weighted by Crippen LogP contribution is 2.18. The summed E-state index contributed by atoms with van der Waals surface area (Å²) < 4.78 is 0. The van der Waals surface area contributed by atoms with E-state index >= 15 is 0 Å². The van der Waals surface area contributed by atoms with Crippen LogP contribution in [0.1, 0.15) is 49.6 Å². The molecule has 0 fully saturated rings. The second-order valence-electron chi connectivity index (χ2n) is 10.0. The van der Waals surface area contributed by atoms with Gasteiger partial charge in [0.1, 0.15) is 6.04 Å². The van der Waals surface area contributed by atoms with Gasteiger partial charge in [-0.2, -0.15) is 9.97 Å². The Kier molecular flexibility index (Phi) is 10.7. The Hall–Kier alpha value is -6.43. The van der Waals surface area contributed by atoms with Gasteiger partial charge in [-0.25, -0.2) is 19.6 Å². The number of benzene rings is 2. The topological polar surface area (TPSA) is 304 Å². The van der Waals surface area contributed by atoms with E-state index in [1.807, 2.05) is 0 Å². The lowest BCUT2D eigenvalue weighted by Gasteiger charge is -2.15. The van der Waals surface area contributed by atoms with Crippen molar-refractivity contribution in [3.8, 4) is 0 Å². The van der Waals surface area contributed by atoms with E-state index in [4.69, 9.17) is 17.2 Å². The number of aliphatic carboxylic acids is 1. The molecule has 0 spiro atoms. The molecular weight excluding hydrogens is 614 g/mol. The second-order valence-corrected chi connectivity index (χ2v) is 10.0. The number of nitrogen functional groups attached to an aromatic ring is 2. The van der Waals surface area contributed by atoms with Crippen molar-refractivity contribution in [1.82, 2.24) is 30.6 Å². The third-order valence-electron chi connectivity index (χ3n) is 6.64. The molecule has 3 amide bonds. The number of nitrogens with one attached hydrogen (secondary N) is 4. The number of rotatable bonds is 14. The molecule has 47 heavy (non-hydrogen) atoms. The highest BCUT2D eigenvalue weighted by molar-refractivity contribution is 6.06. The minimum Gasteiger partial charge on any atom is -0.480 e. The average Bonchev–Trinajstić information content (AvgIpc) is 3.05. The molecule has 2 heterocycles. The van der Waals surface area contributed by atoms with E-state index in [1.54, 1.807) is 12.1 Å². The lowest BCUT2D eigenvalue weighted by atomic mass is 10.1. The van der Waals surface area contributed by atoms with Gasteiger partial charge in [-0.05, 0) is 55.3 Å². The van der Waals surface area contributed by atoms with Gasteiger partial charge in [-0.1, -0.05) is 0 Å². The van der Waals surface area contributed by atoms with Crippen LogP contribution in [0.15, 0.2) is 48.7 Å². The summed E-state index contributed by atoms with van der Waals surface area (Å²) in [6.45, 7) is -0.0361. The van der Waals surface area contributed by atoms with Crippen molar-refractivity contribution in [2.75, 3.05) is 35.2 Å². The van der Waals surface area contributed by atoms with Crippen molar-refractivity contribution < 1.29 is 34.2 Å². The third-order valence-corrected chi connectivity index (χ3v) is 6.64. The molecule has 0 radical (unpaired) electrons. The van der Waals surface area contributed by atoms with E-state index in [9.17, 15) is 34.2 Å². The molecule has 12 N–H and O–H groups in total. The standard InChI is InChI=1S/C29H31N11O7/c30-11-21(41)36-16-7-8-18(19(10-16)27(44)45)26(43)33-9-1-2-20(28(46)47)38-25(42)14-3-5-15(6-4-14)34-12-17-13-35-24-22(37-17)23(31)39-29(32)40-24/h3-8,10,13,20,34H,1-2,9,11-12,30H2,(H,33,43)(H,36,41)(H,38,42)(H,44,45)(H,46,47)(H4,31,32,35,39,40). The van der Waals surface area contributed by atoms with Gasteiger partial charge in [0, 0.05) is 23.5 Å². The normalized spacial score (nSPS) is 11.3. The molecule has 244 valence electrons. The number of hydrogen-bond donors (Lipinski definition) is 9. The number of fused-ring (bicyclic) bond motifs is 1. The largest absolute Gasteiger partial charge is 0.480 e. The molecule has 4 aromatic rings. The highest BCUT2D eigenvalue weighted by atomic mass is 16.4. The van der Waals surface area contributed by atoms with Gasteiger partial charge < -0.3 is 48.7 Å². The molecule has 1 atom stereocenters. The predicted molar refractivity (Wildman–Crippen MR) is 169 cm³/mol. The maximum atomic E-state index is 12.8. The molecule has 0 aliphatic carbocycles. The van der Waals surface area contributed by atoms with Crippen molar-refractivity contribution in [3.05, 3.63) is 71.0 Å². The number of carboxylic acids is 2. The average molecular weight is 646 g/mol. The summed E-state index contributed by atoms with van der Waals surface area (Å²) in [6, 6.07) is 8.79. The molecule has 18 heteroatoms. The summed E-state index contributed by atoms with van der Waals surface area (Å²) in [5.41, 5.74) is 18.3. The fourth-order valence-electron chi connectivity index (χ4n) is 4.31. The Bertz CT molecular complexity index is 1830. The summed E-state index contributed by atoms with van der Waals surface area (Å²) >= 11 is 0. The van der Waals surface area contributed by atoms with Crippen LogP contribution in [0.25, 0.3) is 11.2 Å². The summed E-state index contributed by atoms with van der Waals surface area (Å²) in [4.78, 5) is 76.8. The van der Waals surface area contributed by atoms with Gasteiger partial charge >= 0.3 is 11.9 Å². The van der Waals surface area contributed by atoms with Crippen LogP contribution >= 0.6 is 0 Å². The number of amides is 3. The van der Waals surface area contributed by atoms with Crippen LogP contribution < -0.4 is 38.5 Å². The number of carbonyl (C=O) groups excluding carboxylic acids is 3. The smallest absolute Gasteiger partial charge is 0.336 e. The maximum Gasteiger partial charge on any atom is 0.336 e. The number of carboxylic acid groups (broad SMARTS) is 2. The number of aromatic nitrogens is 4. The Morgan fingerprint density at radius 1 is 0.872 bits per heavy atom. The van der Waals surface area contributed by atoms with E-state index in [1.165, 1.54) is 30.5 Å². The summed E-state index contributed by atoms with van der Waals surface area (Å²) in [5, 5.41) is 29.7. The number of hydrogen-bond acceptors (Lipinski definition) is 13. The van der Waals surface area contributed by atoms with Crippen molar-refractivity contribution in [1.29, 1.82) is 0 Å². The lowest BCUT2D eigenvalue weighted by Crippen LogP contribution is -2.41. The first-order valence-corrected chi connectivity index (χ1v) is 14.0. The van der Waals surface area contributed by atoms with Crippen LogP contribution in [0.5, 0.6) is 0 Å². The van der Waals surface area contributed by atoms with Crippen molar-refractivity contribution in [2.24, 2.45) is 5.73 Å².